The molecule has 3 aromatic rings. The molecule has 3 rings (SSSR count). The van der Waals surface area contributed by atoms with Gasteiger partial charge in [-0.25, -0.2) is 4.99 Å². The molecule has 0 fully saturated rings. The maximum absolute atomic E-state index is 5.87. The lowest BCUT2D eigenvalue weighted by atomic mass is 10.1. The summed E-state index contributed by atoms with van der Waals surface area (Å²) in [5, 5.41) is 10.9. The van der Waals surface area contributed by atoms with Gasteiger partial charge in [0.25, 0.3) is 0 Å². The van der Waals surface area contributed by atoms with E-state index < -0.39 is 0 Å². The topological polar surface area (TPSA) is 71.7 Å². The summed E-state index contributed by atoms with van der Waals surface area (Å²) in [5.41, 5.74) is 5.62. The molecule has 1 heterocycles. The molecule has 0 bridgehead atoms. The van der Waals surface area contributed by atoms with Gasteiger partial charge in [-0.1, -0.05) is 73.6 Å². The van der Waals surface area contributed by atoms with E-state index in [0.29, 0.717) is 26.3 Å². The van der Waals surface area contributed by atoms with Crippen LogP contribution < -0.4 is 10.6 Å². The van der Waals surface area contributed by atoms with Crippen LogP contribution in [-0.2, 0) is 43.9 Å². The van der Waals surface area contributed by atoms with E-state index in [-0.39, 0.29) is 24.0 Å². The van der Waals surface area contributed by atoms with E-state index in [0.717, 1.165) is 53.5 Å². The second-order valence-corrected chi connectivity index (χ2v) is 7.59. The molecule has 0 aliphatic rings. The average Bonchev–Trinajstić information content (AvgIpc) is 3.24. The lowest BCUT2D eigenvalue weighted by molar-refractivity contribution is 0.107. The number of benzene rings is 2. The van der Waals surface area contributed by atoms with E-state index >= 15 is 0 Å². The van der Waals surface area contributed by atoms with Gasteiger partial charge in [-0.2, -0.15) is 0 Å². The lowest BCUT2D eigenvalue weighted by Gasteiger charge is -2.12. The van der Waals surface area contributed by atoms with Crippen molar-refractivity contribution in [1.29, 1.82) is 0 Å². The van der Waals surface area contributed by atoms with E-state index in [1.165, 1.54) is 5.56 Å². The molecule has 0 saturated heterocycles. The van der Waals surface area contributed by atoms with Gasteiger partial charge in [0.2, 0.25) is 0 Å². The zero-order chi connectivity index (χ0) is 22.6. The third-order valence-corrected chi connectivity index (χ3v) is 5.18. The van der Waals surface area contributed by atoms with Crippen LogP contribution in [0.15, 0.2) is 64.1 Å². The van der Waals surface area contributed by atoms with E-state index in [2.05, 4.69) is 73.0 Å². The monoisotopic (exact) mass is 562 g/mol. The molecule has 0 radical (unpaired) electrons. The molecule has 2 N–H and O–H groups in total. The summed E-state index contributed by atoms with van der Waals surface area (Å²) in [7, 11) is 0. The smallest absolute Gasteiger partial charge is 0.191 e. The third-order valence-electron chi connectivity index (χ3n) is 5.18. The Labute approximate surface area is 214 Å². The zero-order valence-electron chi connectivity index (χ0n) is 19.8. The van der Waals surface area contributed by atoms with Crippen molar-refractivity contribution in [3.8, 4) is 0 Å². The van der Waals surface area contributed by atoms with Gasteiger partial charge in [-0.05, 0) is 30.0 Å². The van der Waals surface area contributed by atoms with Gasteiger partial charge in [0.1, 0.15) is 5.76 Å². The standard InChI is InChI=1S/C26H34N4O2.HI/c1-4-24-23(25(5-2)32-30-24)17-29-26(27-6-3)28-16-21-13-10-14-22(15-21)19-31-18-20-11-8-7-9-12-20;/h7-15H,4-6,16-19H2,1-3H3,(H2,27,28,29);1H. The van der Waals surface area contributed by atoms with Crippen LogP contribution in [0.1, 0.15) is 54.5 Å². The van der Waals surface area contributed by atoms with Crippen LogP contribution in [0.2, 0.25) is 0 Å². The number of aliphatic imine (C=N–C) groups is 1. The highest BCUT2D eigenvalue weighted by atomic mass is 127. The first-order valence-corrected chi connectivity index (χ1v) is 11.4. The van der Waals surface area contributed by atoms with Crippen LogP contribution in [0, 0.1) is 0 Å². The number of hydrogen-bond donors (Lipinski definition) is 2. The number of nitrogens with one attached hydrogen (secondary N) is 2. The Morgan fingerprint density at radius 1 is 0.909 bits per heavy atom. The normalized spacial score (nSPS) is 11.2. The summed E-state index contributed by atoms with van der Waals surface area (Å²) < 4.78 is 11.3. The summed E-state index contributed by atoms with van der Waals surface area (Å²) in [5.74, 6) is 1.72. The predicted octanol–water partition coefficient (Wildman–Crippen LogP) is 5.39. The van der Waals surface area contributed by atoms with Gasteiger partial charge in [0.05, 0.1) is 25.5 Å². The first-order valence-electron chi connectivity index (χ1n) is 11.4. The SMILES string of the molecule is CCNC(=NCc1cccc(COCc2ccccc2)c1)NCc1c(CC)noc1CC.I. The van der Waals surface area contributed by atoms with Gasteiger partial charge < -0.3 is 19.9 Å². The summed E-state index contributed by atoms with van der Waals surface area (Å²) in [4.78, 5) is 4.77. The van der Waals surface area contributed by atoms with Crippen molar-refractivity contribution in [2.45, 2.75) is 59.9 Å². The molecule has 33 heavy (non-hydrogen) atoms. The number of nitrogens with zero attached hydrogens (tertiary/aromatic N) is 2. The minimum Gasteiger partial charge on any atom is -0.372 e. The fourth-order valence-electron chi connectivity index (χ4n) is 3.50. The maximum Gasteiger partial charge on any atom is 0.191 e. The highest BCUT2D eigenvalue weighted by Gasteiger charge is 2.13. The molecule has 2 aromatic carbocycles. The van der Waals surface area contributed by atoms with Crippen molar-refractivity contribution < 1.29 is 9.26 Å². The minimum atomic E-state index is 0. The quantitative estimate of drug-likeness (QED) is 0.186. The van der Waals surface area contributed by atoms with Crippen molar-refractivity contribution >= 4 is 29.9 Å². The number of aromatic nitrogens is 1. The van der Waals surface area contributed by atoms with E-state index in [4.69, 9.17) is 14.3 Å². The number of guanidine groups is 1. The van der Waals surface area contributed by atoms with Crippen molar-refractivity contribution in [2.24, 2.45) is 4.99 Å². The molecule has 0 aliphatic heterocycles. The van der Waals surface area contributed by atoms with Gasteiger partial charge in [-0.3, -0.25) is 0 Å². The highest BCUT2D eigenvalue weighted by Crippen LogP contribution is 2.15. The number of halogens is 1. The Morgan fingerprint density at radius 3 is 2.36 bits per heavy atom. The van der Waals surface area contributed by atoms with Gasteiger partial charge >= 0.3 is 0 Å². The Balaban J connectivity index is 0.00000385. The van der Waals surface area contributed by atoms with Crippen molar-refractivity contribution in [3.63, 3.8) is 0 Å². The number of rotatable bonds is 11. The minimum absolute atomic E-state index is 0. The summed E-state index contributed by atoms with van der Waals surface area (Å²) in [6.07, 6.45) is 1.68. The van der Waals surface area contributed by atoms with Gasteiger partial charge in [0.15, 0.2) is 5.96 Å². The Bertz CT molecular complexity index is 967. The second-order valence-electron chi connectivity index (χ2n) is 7.59. The molecule has 0 spiro atoms. The van der Waals surface area contributed by atoms with Crippen LogP contribution in [0.25, 0.3) is 0 Å². The zero-order valence-corrected chi connectivity index (χ0v) is 22.1. The maximum atomic E-state index is 5.87. The lowest BCUT2D eigenvalue weighted by Crippen LogP contribution is -2.37. The molecule has 1 aromatic heterocycles. The summed E-state index contributed by atoms with van der Waals surface area (Å²) >= 11 is 0. The largest absolute Gasteiger partial charge is 0.372 e. The Hall–Kier alpha value is -2.39. The molecule has 7 heteroatoms. The molecule has 0 amide bonds. The average molecular weight is 562 g/mol. The van der Waals surface area contributed by atoms with Crippen molar-refractivity contribution in [2.75, 3.05) is 6.54 Å². The van der Waals surface area contributed by atoms with Gasteiger partial charge in [0, 0.05) is 25.1 Å². The van der Waals surface area contributed by atoms with Crippen LogP contribution in [0.5, 0.6) is 0 Å². The van der Waals surface area contributed by atoms with Crippen LogP contribution >= 0.6 is 24.0 Å². The molecule has 6 nitrogen and oxygen atoms in total. The Kier molecular flexibility index (Phi) is 12.0. The molecular weight excluding hydrogens is 527 g/mol. The first-order chi connectivity index (χ1) is 15.7. The highest BCUT2D eigenvalue weighted by molar-refractivity contribution is 14.0. The molecule has 0 atom stereocenters. The number of ether oxygens (including phenoxy) is 1. The third kappa shape index (κ3) is 8.47. The van der Waals surface area contributed by atoms with Crippen LogP contribution in [-0.4, -0.2) is 17.7 Å². The van der Waals surface area contributed by atoms with Gasteiger partial charge in [-0.15, -0.1) is 24.0 Å². The first kappa shape index (κ1) is 26.9. The van der Waals surface area contributed by atoms with Crippen LogP contribution in [0.4, 0.5) is 0 Å². The number of hydrogen-bond acceptors (Lipinski definition) is 4. The molecular formula is C26H35IN4O2. The molecule has 0 saturated carbocycles. The fraction of sp³-hybridized carbons (Fsp3) is 0.385. The van der Waals surface area contributed by atoms with Crippen LogP contribution in [0.3, 0.4) is 0 Å². The summed E-state index contributed by atoms with van der Waals surface area (Å²) in [6.45, 7) is 9.47. The molecule has 0 unspecified atom stereocenters. The van der Waals surface area contributed by atoms with E-state index in [1.54, 1.807) is 0 Å². The second kappa shape index (κ2) is 14.7. The molecule has 0 aliphatic carbocycles. The van der Waals surface area contributed by atoms with Crippen molar-refractivity contribution in [1.82, 2.24) is 15.8 Å². The molecule has 178 valence electrons. The summed E-state index contributed by atoms with van der Waals surface area (Å²) in [6, 6.07) is 18.6. The number of aryl methyl sites for hydroxylation is 2. The fourth-order valence-corrected chi connectivity index (χ4v) is 3.50. The van der Waals surface area contributed by atoms with Crippen molar-refractivity contribution in [3.05, 3.63) is 88.3 Å². The Morgan fingerprint density at radius 2 is 1.64 bits per heavy atom. The van der Waals surface area contributed by atoms with E-state index in [9.17, 15) is 0 Å². The predicted molar refractivity (Wildman–Crippen MR) is 144 cm³/mol. The van der Waals surface area contributed by atoms with E-state index in [1.807, 2.05) is 18.2 Å².